The van der Waals surface area contributed by atoms with Crippen LogP contribution in [0, 0.1) is 0 Å². The second-order valence-corrected chi connectivity index (χ2v) is 6.47. The quantitative estimate of drug-likeness (QED) is 0.557. The van der Waals surface area contributed by atoms with Crippen LogP contribution in [-0.2, 0) is 19.1 Å². The van der Waals surface area contributed by atoms with Crippen LogP contribution in [0.5, 0.6) is 0 Å². The Morgan fingerprint density at radius 2 is 1.70 bits per heavy atom. The van der Waals surface area contributed by atoms with Crippen molar-refractivity contribution < 1.29 is 33.4 Å². The minimum Gasteiger partial charge on any atom is -0.453 e. The fourth-order valence-corrected chi connectivity index (χ4v) is 3.06. The van der Waals surface area contributed by atoms with E-state index in [1.807, 2.05) is 5.32 Å². The van der Waals surface area contributed by atoms with Crippen molar-refractivity contribution in [3.8, 4) is 0 Å². The van der Waals surface area contributed by atoms with Crippen molar-refractivity contribution in [1.29, 1.82) is 0 Å². The van der Waals surface area contributed by atoms with Gasteiger partial charge < -0.3 is 9.47 Å². The Kier molecular flexibility index (Phi) is 6.56. The lowest BCUT2D eigenvalue weighted by atomic mass is 10.1. The number of rotatable bonds is 6. The van der Waals surface area contributed by atoms with Gasteiger partial charge in [-0.05, 0) is 25.3 Å². The van der Waals surface area contributed by atoms with Crippen LogP contribution >= 0.6 is 11.8 Å². The van der Waals surface area contributed by atoms with Crippen molar-refractivity contribution in [2.24, 2.45) is 0 Å². The number of fused-ring (bicyclic) bond motifs is 1. The number of nitrogens with zero attached hydrogens (tertiary/aromatic N) is 1. The third-order valence-corrected chi connectivity index (χ3v) is 4.46. The van der Waals surface area contributed by atoms with Crippen molar-refractivity contribution >= 4 is 41.5 Å². The molecule has 1 N–H and O–H groups in total. The Bertz CT molecular complexity index is 760. The summed E-state index contributed by atoms with van der Waals surface area (Å²) < 4.78 is 9.36. The highest BCUT2D eigenvalue weighted by atomic mass is 32.2. The normalized spacial score (nSPS) is 15.0. The number of esters is 1. The molecule has 0 spiro atoms. The molecule has 27 heavy (non-hydrogen) atoms. The molecule has 1 aliphatic heterocycles. The monoisotopic (exact) mass is 394 g/mol. The fraction of sp³-hybridized carbons (Fsp3) is 0.353. The molecular formula is C17H18N2O7S. The van der Waals surface area contributed by atoms with E-state index in [9.17, 15) is 24.0 Å². The molecule has 1 aromatic carbocycles. The lowest BCUT2D eigenvalue weighted by molar-refractivity contribution is -0.157. The Morgan fingerprint density at radius 1 is 1.15 bits per heavy atom. The van der Waals surface area contributed by atoms with E-state index in [1.165, 1.54) is 30.8 Å². The summed E-state index contributed by atoms with van der Waals surface area (Å²) in [5, 5.41) is 1.88. The number of thioether (sulfide) groups is 1. The molecule has 1 aliphatic rings. The molecule has 0 radical (unpaired) electrons. The van der Waals surface area contributed by atoms with Gasteiger partial charge in [0.15, 0.2) is 6.10 Å². The molecule has 0 saturated carbocycles. The summed E-state index contributed by atoms with van der Waals surface area (Å²) in [4.78, 5) is 61.4. The maximum absolute atomic E-state index is 12.6. The lowest BCUT2D eigenvalue weighted by Gasteiger charge is -2.25. The lowest BCUT2D eigenvalue weighted by Crippen LogP contribution is -2.49. The second kappa shape index (κ2) is 8.67. The standard InChI is InChI=1S/C17H18N2O7S/c1-9(13(20)18-17(24)25-2)26-16(23)12(8-27-3)19-14(21)10-6-4-5-7-11(10)15(19)22/h4-7,9,12H,8H2,1-3H3,(H,18,20,24)/t9-,12-/m0/s1. The summed E-state index contributed by atoms with van der Waals surface area (Å²) in [5.41, 5.74) is 0.413. The van der Waals surface area contributed by atoms with Crippen molar-refractivity contribution in [3.05, 3.63) is 35.4 Å². The van der Waals surface area contributed by atoms with Gasteiger partial charge in [-0.3, -0.25) is 24.6 Å². The van der Waals surface area contributed by atoms with Crippen LogP contribution in [0.4, 0.5) is 4.79 Å². The van der Waals surface area contributed by atoms with Crippen molar-refractivity contribution in [1.82, 2.24) is 10.2 Å². The van der Waals surface area contributed by atoms with Crippen molar-refractivity contribution in [3.63, 3.8) is 0 Å². The zero-order valence-electron chi connectivity index (χ0n) is 14.9. The van der Waals surface area contributed by atoms with Crippen molar-refractivity contribution in [2.75, 3.05) is 19.1 Å². The zero-order chi connectivity index (χ0) is 20.1. The van der Waals surface area contributed by atoms with Gasteiger partial charge in [-0.15, -0.1) is 0 Å². The molecule has 10 heteroatoms. The van der Waals surface area contributed by atoms with Crippen LogP contribution in [0.25, 0.3) is 0 Å². The zero-order valence-corrected chi connectivity index (χ0v) is 15.7. The number of nitrogens with one attached hydrogen (secondary N) is 1. The molecule has 0 aliphatic carbocycles. The number of imide groups is 2. The average molecular weight is 394 g/mol. The predicted octanol–water partition coefficient (Wildman–Crippen LogP) is 0.828. The van der Waals surface area contributed by atoms with Crippen LogP contribution in [-0.4, -0.2) is 65.9 Å². The number of ether oxygens (including phenoxy) is 2. The molecule has 0 aromatic heterocycles. The number of methoxy groups -OCH3 is 1. The van der Waals surface area contributed by atoms with E-state index < -0.39 is 41.9 Å². The molecular weight excluding hydrogens is 376 g/mol. The highest BCUT2D eigenvalue weighted by Crippen LogP contribution is 2.26. The van der Waals surface area contributed by atoms with E-state index in [0.717, 1.165) is 12.0 Å². The number of hydrogen-bond acceptors (Lipinski definition) is 8. The Labute approximate surface area is 159 Å². The van der Waals surface area contributed by atoms with Gasteiger partial charge >= 0.3 is 12.1 Å². The third-order valence-electron chi connectivity index (χ3n) is 3.81. The minimum atomic E-state index is -1.32. The molecule has 2 atom stereocenters. The molecule has 2 rings (SSSR count). The third kappa shape index (κ3) is 4.27. The van der Waals surface area contributed by atoms with Gasteiger partial charge in [0.25, 0.3) is 17.7 Å². The number of carbonyl (C=O) groups excluding carboxylic acids is 5. The first-order valence-electron chi connectivity index (χ1n) is 7.87. The Hall–Kier alpha value is -2.88. The summed E-state index contributed by atoms with van der Waals surface area (Å²) in [7, 11) is 1.08. The topological polar surface area (TPSA) is 119 Å². The molecule has 0 fully saturated rings. The number of carbonyl (C=O) groups is 5. The summed E-state index contributed by atoms with van der Waals surface area (Å²) in [6.07, 6.45) is -0.619. The molecule has 144 valence electrons. The predicted molar refractivity (Wildman–Crippen MR) is 95.2 cm³/mol. The minimum absolute atomic E-state index is 0.0929. The largest absolute Gasteiger partial charge is 0.453 e. The van der Waals surface area contributed by atoms with Gasteiger partial charge in [0.2, 0.25) is 0 Å². The molecule has 1 aromatic rings. The van der Waals surface area contributed by atoms with E-state index in [1.54, 1.807) is 18.4 Å². The maximum Gasteiger partial charge on any atom is 0.413 e. The van der Waals surface area contributed by atoms with Gasteiger partial charge in [0.05, 0.1) is 18.2 Å². The molecule has 4 amide bonds. The summed E-state index contributed by atoms with van der Waals surface area (Å²) in [6.45, 7) is 1.26. The number of alkyl carbamates (subject to hydrolysis) is 1. The van der Waals surface area contributed by atoms with Gasteiger partial charge in [0, 0.05) is 5.75 Å². The molecule has 9 nitrogen and oxygen atoms in total. The van der Waals surface area contributed by atoms with Crippen molar-refractivity contribution in [2.45, 2.75) is 19.1 Å². The van der Waals surface area contributed by atoms with Crippen LogP contribution in [0.15, 0.2) is 24.3 Å². The van der Waals surface area contributed by atoms with E-state index in [0.29, 0.717) is 0 Å². The van der Waals surface area contributed by atoms with Crippen LogP contribution in [0.3, 0.4) is 0 Å². The van der Waals surface area contributed by atoms with Crippen LogP contribution in [0.1, 0.15) is 27.6 Å². The van der Waals surface area contributed by atoms with Crippen LogP contribution in [0.2, 0.25) is 0 Å². The number of amides is 4. The molecule has 0 saturated heterocycles. The van der Waals surface area contributed by atoms with Gasteiger partial charge in [-0.25, -0.2) is 9.59 Å². The average Bonchev–Trinajstić information content (AvgIpc) is 2.90. The van der Waals surface area contributed by atoms with E-state index in [4.69, 9.17) is 4.74 Å². The number of benzene rings is 1. The summed E-state index contributed by atoms with van der Waals surface area (Å²) in [6, 6.07) is 5.04. The summed E-state index contributed by atoms with van der Waals surface area (Å²) >= 11 is 1.24. The first kappa shape index (κ1) is 20.4. The maximum atomic E-state index is 12.6. The van der Waals surface area contributed by atoms with E-state index in [-0.39, 0.29) is 16.9 Å². The SMILES string of the molecule is COC(=O)NC(=O)[C@H](C)OC(=O)[C@H](CSC)N1C(=O)c2ccccc2C1=O. The summed E-state index contributed by atoms with van der Waals surface area (Å²) in [5.74, 6) is -2.92. The number of hydrogen-bond donors (Lipinski definition) is 1. The van der Waals surface area contributed by atoms with Gasteiger partial charge in [-0.2, -0.15) is 11.8 Å². The van der Waals surface area contributed by atoms with Gasteiger partial charge in [-0.1, -0.05) is 12.1 Å². The fourth-order valence-electron chi connectivity index (χ4n) is 2.46. The first-order chi connectivity index (χ1) is 12.8. The molecule has 0 bridgehead atoms. The van der Waals surface area contributed by atoms with Gasteiger partial charge in [0.1, 0.15) is 6.04 Å². The smallest absolute Gasteiger partial charge is 0.413 e. The van der Waals surface area contributed by atoms with E-state index in [2.05, 4.69) is 4.74 Å². The Morgan fingerprint density at radius 3 is 2.19 bits per heavy atom. The Balaban J connectivity index is 2.17. The molecule has 0 unspecified atom stereocenters. The van der Waals surface area contributed by atoms with E-state index >= 15 is 0 Å². The highest BCUT2D eigenvalue weighted by Gasteiger charge is 2.43. The second-order valence-electron chi connectivity index (χ2n) is 5.56. The highest BCUT2D eigenvalue weighted by molar-refractivity contribution is 7.98. The first-order valence-corrected chi connectivity index (χ1v) is 9.26. The molecule has 1 heterocycles. The van der Waals surface area contributed by atoms with Crippen LogP contribution < -0.4 is 5.32 Å².